The summed E-state index contributed by atoms with van der Waals surface area (Å²) in [5, 5.41) is 2.76. The maximum Gasteiger partial charge on any atom is 0.229 e. The molecule has 1 aromatic heterocycles. The number of aryl methyl sites for hydroxylation is 1. The summed E-state index contributed by atoms with van der Waals surface area (Å²) in [6, 6.07) is 9.51. The number of halogens is 1. The van der Waals surface area contributed by atoms with Crippen LogP contribution < -0.4 is 11.1 Å². The zero-order valence-electron chi connectivity index (χ0n) is 10.5. The minimum Gasteiger partial charge on any atom is -0.397 e. The molecular weight excluding hydrogens is 306 g/mol. The first-order valence-electron chi connectivity index (χ1n) is 5.81. The Bertz CT molecular complexity index is 613. The van der Waals surface area contributed by atoms with E-state index in [4.69, 9.17) is 5.73 Å². The second-order valence-corrected chi connectivity index (χ2v) is 5.10. The fraction of sp³-hybridized carbons (Fsp3) is 0.143. The van der Waals surface area contributed by atoms with Gasteiger partial charge in [-0.05, 0) is 40.0 Å². The van der Waals surface area contributed by atoms with Crippen LogP contribution in [0.5, 0.6) is 0 Å². The van der Waals surface area contributed by atoms with Gasteiger partial charge in [-0.15, -0.1) is 0 Å². The van der Waals surface area contributed by atoms with Gasteiger partial charge in [-0.1, -0.05) is 24.3 Å². The molecule has 2 aromatic rings. The van der Waals surface area contributed by atoms with E-state index in [1.807, 2.05) is 31.2 Å². The quantitative estimate of drug-likeness (QED) is 0.914. The summed E-state index contributed by atoms with van der Waals surface area (Å²) in [6.07, 6.45) is 1.83. The summed E-state index contributed by atoms with van der Waals surface area (Å²) in [4.78, 5) is 16.0. The van der Waals surface area contributed by atoms with E-state index in [-0.39, 0.29) is 5.91 Å². The predicted molar refractivity (Wildman–Crippen MR) is 79.9 cm³/mol. The van der Waals surface area contributed by atoms with Gasteiger partial charge in [0.15, 0.2) is 0 Å². The second kappa shape index (κ2) is 5.84. The molecule has 19 heavy (non-hydrogen) atoms. The van der Waals surface area contributed by atoms with E-state index >= 15 is 0 Å². The van der Waals surface area contributed by atoms with Crippen molar-refractivity contribution in [2.24, 2.45) is 0 Å². The molecule has 1 amide bonds. The van der Waals surface area contributed by atoms with Gasteiger partial charge in [-0.25, -0.2) is 4.98 Å². The number of carbonyl (C=O) groups is 1. The Morgan fingerprint density at radius 3 is 2.84 bits per heavy atom. The van der Waals surface area contributed by atoms with Crippen LogP contribution in [0.1, 0.15) is 11.1 Å². The van der Waals surface area contributed by atoms with Gasteiger partial charge in [-0.3, -0.25) is 4.79 Å². The molecular formula is C14H14BrN3O. The number of hydrogen-bond donors (Lipinski definition) is 2. The number of anilines is 2. The molecule has 0 radical (unpaired) electrons. The molecule has 2 rings (SSSR count). The standard InChI is InChI=1S/C14H14BrN3O/c1-9-4-2-3-5-10(9)6-13(19)18-14-12(15)7-11(16)8-17-14/h2-5,7-8H,6,16H2,1H3,(H,17,18,19). The SMILES string of the molecule is Cc1ccccc1CC(=O)Nc1ncc(N)cc1Br. The maximum atomic E-state index is 12.0. The van der Waals surface area contributed by atoms with E-state index in [2.05, 4.69) is 26.2 Å². The molecule has 0 spiro atoms. The van der Waals surface area contributed by atoms with E-state index < -0.39 is 0 Å². The third-order valence-electron chi connectivity index (χ3n) is 2.73. The zero-order chi connectivity index (χ0) is 13.8. The molecule has 4 nitrogen and oxygen atoms in total. The van der Waals surface area contributed by atoms with Gasteiger partial charge < -0.3 is 11.1 Å². The molecule has 3 N–H and O–H groups in total. The lowest BCUT2D eigenvalue weighted by atomic mass is 10.1. The number of pyridine rings is 1. The monoisotopic (exact) mass is 319 g/mol. The third kappa shape index (κ3) is 3.54. The normalized spacial score (nSPS) is 10.2. The van der Waals surface area contributed by atoms with E-state index in [1.165, 1.54) is 6.20 Å². The number of amides is 1. The molecule has 0 atom stereocenters. The van der Waals surface area contributed by atoms with Crippen LogP contribution in [0.15, 0.2) is 41.0 Å². The lowest BCUT2D eigenvalue weighted by molar-refractivity contribution is -0.115. The number of nitrogens with zero attached hydrogens (tertiary/aromatic N) is 1. The lowest BCUT2D eigenvalue weighted by Gasteiger charge is -2.08. The highest BCUT2D eigenvalue weighted by Crippen LogP contribution is 2.22. The molecule has 0 saturated heterocycles. The molecule has 0 unspecified atom stereocenters. The Morgan fingerprint density at radius 2 is 2.16 bits per heavy atom. The van der Waals surface area contributed by atoms with E-state index in [0.29, 0.717) is 22.4 Å². The summed E-state index contributed by atoms with van der Waals surface area (Å²) in [5.41, 5.74) is 8.25. The van der Waals surface area contributed by atoms with Crippen molar-refractivity contribution < 1.29 is 4.79 Å². The Balaban J connectivity index is 2.08. The first-order chi connectivity index (χ1) is 9.06. The van der Waals surface area contributed by atoms with Crippen molar-refractivity contribution in [3.8, 4) is 0 Å². The van der Waals surface area contributed by atoms with Gasteiger partial charge in [0.2, 0.25) is 5.91 Å². The smallest absolute Gasteiger partial charge is 0.229 e. The predicted octanol–water partition coefficient (Wildman–Crippen LogP) is 2.92. The molecule has 0 bridgehead atoms. The van der Waals surface area contributed by atoms with Gasteiger partial charge in [0, 0.05) is 0 Å². The molecule has 0 aliphatic rings. The molecule has 0 aliphatic carbocycles. The van der Waals surface area contributed by atoms with Crippen LogP contribution in [0.2, 0.25) is 0 Å². The van der Waals surface area contributed by atoms with Crippen molar-refractivity contribution in [1.29, 1.82) is 0 Å². The summed E-state index contributed by atoms with van der Waals surface area (Å²) in [5.74, 6) is 0.375. The molecule has 0 fully saturated rings. The zero-order valence-corrected chi connectivity index (χ0v) is 12.1. The Labute approximate surface area is 120 Å². The van der Waals surface area contributed by atoms with Gasteiger partial charge in [0.25, 0.3) is 0 Å². The number of aromatic nitrogens is 1. The van der Waals surface area contributed by atoms with Gasteiger partial charge in [-0.2, -0.15) is 0 Å². The van der Waals surface area contributed by atoms with E-state index in [9.17, 15) is 4.79 Å². The Morgan fingerprint density at radius 1 is 1.42 bits per heavy atom. The first kappa shape index (κ1) is 13.5. The van der Waals surface area contributed by atoms with Gasteiger partial charge in [0.05, 0.1) is 22.8 Å². The van der Waals surface area contributed by atoms with Gasteiger partial charge in [0.1, 0.15) is 5.82 Å². The van der Waals surface area contributed by atoms with Crippen LogP contribution in [-0.4, -0.2) is 10.9 Å². The molecule has 0 aliphatic heterocycles. The third-order valence-corrected chi connectivity index (χ3v) is 3.34. The van der Waals surface area contributed by atoms with Crippen LogP contribution in [0.4, 0.5) is 11.5 Å². The van der Waals surface area contributed by atoms with Crippen molar-refractivity contribution in [3.63, 3.8) is 0 Å². The molecule has 1 heterocycles. The lowest BCUT2D eigenvalue weighted by Crippen LogP contribution is -2.16. The Kier molecular flexibility index (Phi) is 4.16. The van der Waals surface area contributed by atoms with Crippen LogP contribution in [0.3, 0.4) is 0 Å². The number of nitrogens with two attached hydrogens (primary N) is 1. The highest BCUT2D eigenvalue weighted by atomic mass is 79.9. The fourth-order valence-electron chi connectivity index (χ4n) is 1.70. The highest BCUT2D eigenvalue weighted by Gasteiger charge is 2.09. The van der Waals surface area contributed by atoms with Gasteiger partial charge >= 0.3 is 0 Å². The highest BCUT2D eigenvalue weighted by molar-refractivity contribution is 9.10. The maximum absolute atomic E-state index is 12.0. The topological polar surface area (TPSA) is 68.0 Å². The first-order valence-corrected chi connectivity index (χ1v) is 6.61. The summed E-state index contributed by atoms with van der Waals surface area (Å²) < 4.78 is 0.672. The van der Waals surface area contributed by atoms with Crippen LogP contribution in [-0.2, 0) is 11.2 Å². The van der Waals surface area contributed by atoms with Crippen LogP contribution >= 0.6 is 15.9 Å². The summed E-state index contributed by atoms with van der Waals surface area (Å²) in [7, 11) is 0. The number of hydrogen-bond acceptors (Lipinski definition) is 3. The van der Waals surface area contributed by atoms with Crippen LogP contribution in [0.25, 0.3) is 0 Å². The molecule has 1 aromatic carbocycles. The van der Waals surface area contributed by atoms with Crippen molar-refractivity contribution in [1.82, 2.24) is 4.98 Å². The van der Waals surface area contributed by atoms with Crippen LogP contribution in [0, 0.1) is 6.92 Å². The summed E-state index contributed by atoms with van der Waals surface area (Å²) >= 11 is 3.32. The largest absolute Gasteiger partial charge is 0.397 e. The number of nitrogens with one attached hydrogen (secondary N) is 1. The number of benzene rings is 1. The van der Waals surface area contributed by atoms with Crippen molar-refractivity contribution >= 4 is 33.3 Å². The average molecular weight is 320 g/mol. The van der Waals surface area contributed by atoms with Crippen molar-refractivity contribution in [3.05, 3.63) is 52.1 Å². The number of carbonyl (C=O) groups excluding carboxylic acids is 1. The number of nitrogen functional groups attached to an aromatic ring is 1. The second-order valence-electron chi connectivity index (χ2n) is 4.25. The Hall–Kier alpha value is -1.88. The molecule has 98 valence electrons. The average Bonchev–Trinajstić information content (AvgIpc) is 2.36. The molecule has 5 heteroatoms. The van der Waals surface area contributed by atoms with Crippen molar-refractivity contribution in [2.75, 3.05) is 11.1 Å². The van der Waals surface area contributed by atoms with Crippen molar-refractivity contribution in [2.45, 2.75) is 13.3 Å². The van der Waals surface area contributed by atoms with E-state index in [0.717, 1.165) is 11.1 Å². The minimum atomic E-state index is -0.104. The minimum absolute atomic E-state index is 0.104. The van der Waals surface area contributed by atoms with E-state index in [1.54, 1.807) is 6.07 Å². The molecule has 0 saturated carbocycles. The number of rotatable bonds is 3. The fourth-order valence-corrected chi connectivity index (χ4v) is 2.17. The summed E-state index contributed by atoms with van der Waals surface area (Å²) in [6.45, 7) is 1.99.